The molecule has 0 saturated carbocycles. The van der Waals surface area contributed by atoms with Crippen LogP contribution in [0.1, 0.15) is 36.6 Å². The highest BCUT2D eigenvalue weighted by Crippen LogP contribution is 2.41. The van der Waals surface area contributed by atoms with E-state index in [0.717, 1.165) is 5.56 Å². The average Bonchev–Trinajstić information content (AvgIpc) is 3.40. The van der Waals surface area contributed by atoms with Gasteiger partial charge in [0.15, 0.2) is 6.61 Å². The van der Waals surface area contributed by atoms with Crippen LogP contribution in [0.25, 0.3) is 0 Å². The van der Waals surface area contributed by atoms with Crippen LogP contribution >= 0.6 is 11.8 Å². The summed E-state index contributed by atoms with van der Waals surface area (Å²) in [7, 11) is 1.67. The maximum Gasteiger partial charge on any atom is 0.330 e. The molecule has 29 heavy (non-hydrogen) atoms. The number of thioether (sulfide) groups is 1. The molecule has 1 aromatic heterocycles. The quantitative estimate of drug-likeness (QED) is 0.674. The van der Waals surface area contributed by atoms with Gasteiger partial charge < -0.3 is 19.0 Å². The molecule has 3 atom stereocenters. The lowest BCUT2D eigenvalue weighted by molar-refractivity contribution is -0.158. The topological polar surface area (TPSA) is 80.1 Å². The fourth-order valence-corrected chi connectivity index (χ4v) is 4.64. The number of esters is 1. The van der Waals surface area contributed by atoms with E-state index in [-0.39, 0.29) is 29.8 Å². The summed E-state index contributed by atoms with van der Waals surface area (Å²) in [5.41, 5.74) is 0.992. The van der Waals surface area contributed by atoms with Gasteiger partial charge in [0, 0.05) is 19.7 Å². The van der Waals surface area contributed by atoms with Gasteiger partial charge in [0.1, 0.15) is 17.2 Å². The van der Waals surface area contributed by atoms with Gasteiger partial charge in [-0.1, -0.05) is 30.3 Å². The standard InChI is InChI=1S/C21H24N2O5S/c1-14(16-8-5-4-6-9-16)22(3)19(25)12-28-21(26)17-13-29-20(23(17)15(2)24)18-10-7-11-27-18/h4-11,14,17,20H,12-13H2,1-3H3/t14-,17-,20+/m0/s1. The molecule has 0 bridgehead atoms. The molecule has 0 radical (unpaired) electrons. The zero-order chi connectivity index (χ0) is 21.0. The molecular formula is C21H24N2O5S. The van der Waals surface area contributed by atoms with Crippen LogP contribution in [-0.2, 0) is 19.1 Å². The number of likely N-dealkylation sites (N-methyl/N-ethyl adjacent to an activating group) is 1. The second-order valence-electron chi connectivity index (χ2n) is 6.84. The van der Waals surface area contributed by atoms with Gasteiger partial charge >= 0.3 is 5.97 Å². The summed E-state index contributed by atoms with van der Waals surface area (Å²) in [4.78, 5) is 40.2. The van der Waals surface area contributed by atoms with Crippen molar-refractivity contribution in [3.8, 4) is 0 Å². The summed E-state index contributed by atoms with van der Waals surface area (Å²) < 4.78 is 10.7. The molecule has 0 unspecified atom stereocenters. The SMILES string of the molecule is CC(=O)N1[C@@H](c2ccco2)SC[C@H]1C(=O)OCC(=O)N(C)[C@@H](C)c1ccccc1. The maximum atomic E-state index is 12.6. The Labute approximate surface area is 174 Å². The first-order chi connectivity index (χ1) is 13.9. The molecule has 2 amide bonds. The normalized spacial score (nSPS) is 19.6. The molecule has 3 rings (SSSR count). The van der Waals surface area contributed by atoms with Crippen molar-refractivity contribution < 1.29 is 23.5 Å². The zero-order valence-electron chi connectivity index (χ0n) is 16.6. The molecule has 0 N–H and O–H groups in total. The van der Waals surface area contributed by atoms with Gasteiger partial charge in [0.05, 0.1) is 12.3 Å². The maximum absolute atomic E-state index is 12.6. The van der Waals surface area contributed by atoms with Crippen LogP contribution in [0.5, 0.6) is 0 Å². The van der Waals surface area contributed by atoms with Gasteiger partial charge in [0.25, 0.3) is 5.91 Å². The van der Waals surface area contributed by atoms with Crippen molar-refractivity contribution in [2.45, 2.75) is 31.3 Å². The Balaban J connectivity index is 1.59. The predicted octanol–water partition coefficient (Wildman–Crippen LogP) is 3.00. The van der Waals surface area contributed by atoms with Crippen LogP contribution in [0.2, 0.25) is 0 Å². The molecule has 2 heterocycles. The lowest BCUT2D eigenvalue weighted by atomic mass is 10.1. The Morgan fingerprint density at radius 2 is 1.97 bits per heavy atom. The van der Waals surface area contributed by atoms with E-state index in [2.05, 4.69) is 0 Å². The fraction of sp³-hybridized carbons (Fsp3) is 0.381. The third kappa shape index (κ3) is 4.64. The molecule has 1 aliphatic heterocycles. The molecular weight excluding hydrogens is 392 g/mol. The number of hydrogen-bond acceptors (Lipinski definition) is 6. The Bertz CT molecular complexity index is 855. The molecule has 1 aliphatic rings. The van der Waals surface area contributed by atoms with E-state index >= 15 is 0 Å². The number of rotatable bonds is 6. The first kappa shape index (κ1) is 21.0. The van der Waals surface area contributed by atoms with Crippen molar-refractivity contribution >= 4 is 29.5 Å². The molecule has 1 saturated heterocycles. The van der Waals surface area contributed by atoms with Gasteiger partial charge in [-0.15, -0.1) is 11.8 Å². The molecule has 1 aromatic carbocycles. The minimum atomic E-state index is -0.753. The van der Waals surface area contributed by atoms with E-state index in [1.807, 2.05) is 37.3 Å². The highest BCUT2D eigenvalue weighted by atomic mass is 32.2. The van der Waals surface area contributed by atoms with Crippen molar-refractivity contribution in [2.75, 3.05) is 19.4 Å². The minimum Gasteiger partial charge on any atom is -0.466 e. The van der Waals surface area contributed by atoms with Crippen molar-refractivity contribution in [1.29, 1.82) is 0 Å². The highest BCUT2D eigenvalue weighted by molar-refractivity contribution is 7.99. The molecule has 1 fully saturated rings. The van der Waals surface area contributed by atoms with Crippen LogP contribution in [0.3, 0.4) is 0 Å². The summed E-state index contributed by atoms with van der Waals surface area (Å²) >= 11 is 1.43. The van der Waals surface area contributed by atoms with E-state index < -0.39 is 12.0 Å². The van der Waals surface area contributed by atoms with E-state index in [1.165, 1.54) is 29.8 Å². The molecule has 0 aliphatic carbocycles. The summed E-state index contributed by atoms with van der Waals surface area (Å²) in [5, 5.41) is -0.378. The average molecular weight is 416 g/mol. The number of carbonyl (C=O) groups excluding carboxylic acids is 3. The monoisotopic (exact) mass is 416 g/mol. The van der Waals surface area contributed by atoms with Gasteiger partial charge in [-0.05, 0) is 24.6 Å². The van der Waals surface area contributed by atoms with Crippen molar-refractivity contribution in [1.82, 2.24) is 9.80 Å². The number of ether oxygens (including phenoxy) is 1. The number of carbonyl (C=O) groups is 3. The summed E-state index contributed by atoms with van der Waals surface area (Å²) in [5.74, 6) is -0.158. The fourth-order valence-electron chi connectivity index (χ4n) is 3.23. The van der Waals surface area contributed by atoms with Gasteiger partial charge in [-0.2, -0.15) is 0 Å². The van der Waals surface area contributed by atoms with Crippen LogP contribution in [0, 0.1) is 0 Å². The lowest BCUT2D eigenvalue weighted by Gasteiger charge is -2.27. The summed E-state index contributed by atoms with van der Waals surface area (Å²) in [6.45, 7) is 2.95. The van der Waals surface area contributed by atoms with Gasteiger partial charge in [-0.3, -0.25) is 9.59 Å². The van der Waals surface area contributed by atoms with Gasteiger partial charge in [0.2, 0.25) is 5.91 Å². The summed E-state index contributed by atoms with van der Waals surface area (Å²) in [6, 6.07) is 12.2. The minimum absolute atomic E-state index is 0.151. The Morgan fingerprint density at radius 3 is 2.59 bits per heavy atom. The second-order valence-corrected chi connectivity index (χ2v) is 7.96. The van der Waals surface area contributed by atoms with E-state index in [4.69, 9.17) is 9.15 Å². The third-order valence-corrected chi connectivity index (χ3v) is 6.30. The second kappa shape index (κ2) is 9.17. The Morgan fingerprint density at radius 1 is 1.24 bits per heavy atom. The van der Waals surface area contributed by atoms with Crippen molar-refractivity contribution in [3.63, 3.8) is 0 Å². The predicted molar refractivity (Wildman–Crippen MR) is 109 cm³/mol. The van der Waals surface area contributed by atoms with E-state index in [0.29, 0.717) is 11.5 Å². The first-order valence-electron chi connectivity index (χ1n) is 9.31. The van der Waals surface area contributed by atoms with Crippen molar-refractivity contribution in [3.05, 3.63) is 60.1 Å². The smallest absolute Gasteiger partial charge is 0.330 e. The van der Waals surface area contributed by atoms with Gasteiger partial charge in [-0.25, -0.2) is 4.79 Å². The first-order valence-corrected chi connectivity index (χ1v) is 10.4. The number of hydrogen-bond donors (Lipinski definition) is 0. The Kier molecular flexibility index (Phi) is 6.64. The molecule has 2 aromatic rings. The zero-order valence-corrected chi connectivity index (χ0v) is 17.4. The number of benzene rings is 1. The van der Waals surface area contributed by atoms with E-state index in [9.17, 15) is 14.4 Å². The number of amides is 2. The largest absolute Gasteiger partial charge is 0.466 e. The number of nitrogens with zero attached hydrogens (tertiary/aromatic N) is 2. The molecule has 8 heteroatoms. The molecule has 7 nitrogen and oxygen atoms in total. The van der Waals surface area contributed by atoms with Crippen LogP contribution in [0.4, 0.5) is 0 Å². The van der Waals surface area contributed by atoms with E-state index in [1.54, 1.807) is 24.1 Å². The third-order valence-electron chi connectivity index (χ3n) is 5.02. The highest BCUT2D eigenvalue weighted by Gasteiger charge is 2.43. The lowest BCUT2D eigenvalue weighted by Crippen LogP contribution is -2.44. The Hall–Kier alpha value is -2.74. The molecule has 0 spiro atoms. The van der Waals surface area contributed by atoms with Crippen LogP contribution in [0.15, 0.2) is 53.1 Å². The van der Waals surface area contributed by atoms with Crippen LogP contribution < -0.4 is 0 Å². The summed E-state index contributed by atoms with van der Waals surface area (Å²) in [6.07, 6.45) is 1.53. The number of furan rings is 1. The molecule has 154 valence electrons. The van der Waals surface area contributed by atoms with Crippen LogP contribution in [-0.4, -0.2) is 53.0 Å². The van der Waals surface area contributed by atoms with Crippen molar-refractivity contribution in [2.24, 2.45) is 0 Å².